The lowest BCUT2D eigenvalue weighted by Crippen LogP contribution is -2.49. The van der Waals surface area contributed by atoms with Gasteiger partial charge < -0.3 is 30.3 Å². The molecule has 1 aliphatic carbocycles. The van der Waals surface area contributed by atoms with E-state index < -0.39 is 7.12 Å². The van der Waals surface area contributed by atoms with Crippen LogP contribution < -0.4 is 16.1 Å². The Labute approximate surface area is 205 Å². The number of rotatable bonds is 5. The third kappa shape index (κ3) is 4.40. The summed E-state index contributed by atoms with van der Waals surface area (Å²) in [6, 6.07) is 20.1. The van der Waals surface area contributed by atoms with Gasteiger partial charge in [0.15, 0.2) is 0 Å². The highest BCUT2D eigenvalue weighted by Gasteiger charge is 2.30. The maximum atomic E-state index is 12.9. The lowest BCUT2D eigenvalue weighted by atomic mass is 9.78. The molecule has 2 aliphatic rings. The Kier molecular flexibility index (Phi) is 6.51. The molecule has 1 amide bonds. The largest absolute Gasteiger partial charge is 0.488 e. The molecule has 1 fully saturated rings. The molecule has 0 radical (unpaired) electrons. The average Bonchev–Trinajstić information content (AvgIpc) is 3.21. The van der Waals surface area contributed by atoms with Crippen LogP contribution in [0.2, 0.25) is 0 Å². The van der Waals surface area contributed by atoms with Gasteiger partial charge in [-0.1, -0.05) is 54.6 Å². The molecule has 3 aromatic carbocycles. The minimum absolute atomic E-state index is 0.0395. The number of carbonyl (C=O) groups excluding carboxylic acids is 1. The Balaban J connectivity index is 1.24. The number of nitrogens with two attached hydrogens (primary N) is 1. The quantitative estimate of drug-likeness (QED) is 0.494. The number of hydrogen-bond donors (Lipinski definition) is 3. The fourth-order valence-electron chi connectivity index (χ4n) is 5.29. The van der Waals surface area contributed by atoms with Crippen molar-refractivity contribution in [1.29, 1.82) is 0 Å². The maximum absolute atomic E-state index is 12.9. The van der Waals surface area contributed by atoms with Crippen LogP contribution in [-0.4, -0.2) is 60.9 Å². The molecule has 7 nitrogen and oxygen atoms in total. The van der Waals surface area contributed by atoms with E-state index >= 15 is 0 Å². The predicted octanol–water partition coefficient (Wildman–Crippen LogP) is 2.20. The summed E-state index contributed by atoms with van der Waals surface area (Å²) in [7, 11) is -1.55. The van der Waals surface area contributed by atoms with Gasteiger partial charge >= 0.3 is 13.2 Å². The Morgan fingerprint density at radius 1 is 1.00 bits per heavy atom. The molecule has 1 heterocycles. The van der Waals surface area contributed by atoms with Gasteiger partial charge in [0.25, 0.3) is 0 Å². The molecule has 1 saturated heterocycles. The smallest absolute Gasteiger partial charge is 0.448 e. The van der Waals surface area contributed by atoms with Crippen molar-refractivity contribution in [3.63, 3.8) is 0 Å². The van der Waals surface area contributed by atoms with Crippen LogP contribution in [0.15, 0.2) is 60.7 Å². The highest BCUT2D eigenvalue weighted by molar-refractivity contribution is 6.58. The summed E-state index contributed by atoms with van der Waals surface area (Å²) in [5.74, 6) is 0.0395. The first kappa shape index (κ1) is 23.4. The van der Waals surface area contributed by atoms with Gasteiger partial charge in [0.1, 0.15) is 6.61 Å². The first-order valence-electron chi connectivity index (χ1n) is 12.0. The SMILES string of the molecule is Cc1c(CN)cc(B(O)O)cc1N1CCN(C(=O)OCC2c3ccccc3-c3ccccc32)CC1. The summed E-state index contributed by atoms with van der Waals surface area (Å²) in [5, 5.41) is 19.3. The van der Waals surface area contributed by atoms with Crippen molar-refractivity contribution in [2.75, 3.05) is 37.7 Å². The number of nitrogens with zero attached hydrogens (tertiary/aromatic N) is 2. The second kappa shape index (κ2) is 9.74. The van der Waals surface area contributed by atoms with Gasteiger partial charge in [0, 0.05) is 44.3 Å². The normalized spacial score (nSPS) is 15.1. The Morgan fingerprint density at radius 3 is 2.17 bits per heavy atom. The third-order valence-corrected chi connectivity index (χ3v) is 7.24. The van der Waals surface area contributed by atoms with E-state index in [4.69, 9.17) is 10.5 Å². The second-order valence-electron chi connectivity index (χ2n) is 9.18. The summed E-state index contributed by atoms with van der Waals surface area (Å²) >= 11 is 0. The Hall–Kier alpha value is -3.33. The highest BCUT2D eigenvalue weighted by Crippen LogP contribution is 2.44. The second-order valence-corrected chi connectivity index (χ2v) is 9.18. The van der Waals surface area contributed by atoms with E-state index in [-0.39, 0.29) is 12.0 Å². The van der Waals surface area contributed by atoms with Crippen LogP contribution in [0.25, 0.3) is 11.1 Å². The van der Waals surface area contributed by atoms with Gasteiger partial charge in [0.2, 0.25) is 0 Å². The summed E-state index contributed by atoms with van der Waals surface area (Å²) < 4.78 is 5.82. The van der Waals surface area contributed by atoms with E-state index in [0.29, 0.717) is 44.8 Å². The number of anilines is 1. The average molecular weight is 471 g/mol. The number of amides is 1. The van der Waals surface area contributed by atoms with Crippen LogP contribution in [0.3, 0.4) is 0 Å². The predicted molar refractivity (Wildman–Crippen MR) is 138 cm³/mol. The summed E-state index contributed by atoms with van der Waals surface area (Å²) in [5.41, 5.74) is 13.9. The molecule has 0 spiro atoms. The van der Waals surface area contributed by atoms with Gasteiger partial charge in [-0.15, -0.1) is 0 Å². The van der Waals surface area contributed by atoms with Crippen molar-refractivity contribution < 1.29 is 19.6 Å². The van der Waals surface area contributed by atoms with Crippen LogP contribution in [0.4, 0.5) is 10.5 Å². The zero-order valence-electron chi connectivity index (χ0n) is 19.9. The lowest BCUT2D eigenvalue weighted by Gasteiger charge is -2.37. The molecule has 3 aromatic rings. The third-order valence-electron chi connectivity index (χ3n) is 7.24. The number of hydrogen-bond acceptors (Lipinski definition) is 6. The first-order valence-corrected chi connectivity index (χ1v) is 12.0. The summed E-state index contributed by atoms with van der Waals surface area (Å²) in [6.45, 7) is 4.92. The molecule has 35 heavy (non-hydrogen) atoms. The van der Waals surface area contributed by atoms with Gasteiger partial charge in [0.05, 0.1) is 0 Å². The van der Waals surface area contributed by atoms with E-state index in [0.717, 1.165) is 16.8 Å². The first-order chi connectivity index (χ1) is 17.0. The molecule has 5 rings (SSSR count). The fraction of sp³-hybridized carbons (Fsp3) is 0.296. The van der Waals surface area contributed by atoms with Gasteiger partial charge in [-0.3, -0.25) is 0 Å². The zero-order valence-corrected chi connectivity index (χ0v) is 19.9. The molecule has 8 heteroatoms. The van der Waals surface area contributed by atoms with Crippen molar-refractivity contribution in [1.82, 2.24) is 4.90 Å². The topological polar surface area (TPSA) is 99.3 Å². The van der Waals surface area contributed by atoms with Crippen molar-refractivity contribution in [3.05, 3.63) is 82.9 Å². The molecule has 0 bridgehead atoms. The van der Waals surface area contributed by atoms with Gasteiger partial charge in [-0.05, 0) is 51.8 Å². The molecular formula is C27H30BN3O4. The number of ether oxygens (including phenoxy) is 1. The molecular weight excluding hydrogens is 441 g/mol. The minimum Gasteiger partial charge on any atom is -0.448 e. The van der Waals surface area contributed by atoms with E-state index in [1.54, 1.807) is 17.0 Å². The standard InChI is InChI=1S/C27H30BN3O4/c1-18-19(16-29)14-20(28(33)34)15-26(18)30-10-12-31(13-11-30)27(32)35-17-25-23-8-4-2-6-21(23)22-7-3-5-9-24(22)25/h2-9,14-15,25,33-34H,10-13,16-17,29H2,1H3. The molecule has 4 N–H and O–H groups in total. The molecule has 0 aromatic heterocycles. The van der Waals surface area contributed by atoms with Gasteiger partial charge in [-0.2, -0.15) is 0 Å². The lowest BCUT2D eigenvalue weighted by molar-refractivity contribution is 0.0977. The van der Waals surface area contributed by atoms with Crippen LogP contribution in [0.1, 0.15) is 28.2 Å². The van der Waals surface area contributed by atoms with Crippen LogP contribution in [-0.2, 0) is 11.3 Å². The fourth-order valence-corrected chi connectivity index (χ4v) is 5.29. The number of piperazine rings is 1. The van der Waals surface area contributed by atoms with E-state index in [9.17, 15) is 14.8 Å². The van der Waals surface area contributed by atoms with E-state index in [1.165, 1.54) is 22.3 Å². The molecule has 180 valence electrons. The molecule has 0 atom stereocenters. The maximum Gasteiger partial charge on any atom is 0.488 e. The van der Waals surface area contributed by atoms with Crippen LogP contribution in [0.5, 0.6) is 0 Å². The summed E-state index contributed by atoms with van der Waals surface area (Å²) in [4.78, 5) is 16.8. The minimum atomic E-state index is -1.55. The monoisotopic (exact) mass is 471 g/mol. The van der Waals surface area contributed by atoms with Crippen molar-refractivity contribution in [3.8, 4) is 11.1 Å². The number of carbonyl (C=O) groups is 1. The molecule has 1 aliphatic heterocycles. The summed E-state index contributed by atoms with van der Waals surface area (Å²) in [6.07, 6.45) is -0.301. The van der Waals surface area contributed by atoms with Crippen molar-refractivity contribution in [2.24, 2.45) is 5.73 Å². The Bertz CT molecular complexity index is 1200. The molecule has 0 unspecified atom stereocenters. The Morgan fingerprint density at radius 2 is 1.60 bits per heavy atom. The van der Waals surface area contributed by atoms with Crippen LogP contribution >= 0.6 is 0 Å². The van der Waals surface area contributed by atoms with Crippen LogP contribution in [0, 0.1) is 6.92 Å². The van der Waals surface area contributed by atoms with Crippen molar-refractivity contribution >= 4 is 24.4 Å². The number of fused-ring (bicyclic) bond motifs is 3. The van der Waals surface area contributed by atoms with Gasteiger partial charge in [-0.25, -0.2) is 4.79 Å². The van der Waals surface area contributed by atoms with Crippen molar-refractivity contribution in [2.45, 2.75) is 19.4 Å². The van der Waals surface area contributed by atoms with E-state index in [1.807, 2.05) is 31.2 Å². The highest BCUT2D eigenvalue weighted by atomic mass is 16.6. The van der Waals surface area contributed by atoms with E-state index in [2.05, 4.69) is 29.2 Å². The molecule has 0 saturated carbocycles. The zero-order chi connectivity index (χ0) is 24.5. The number of benzene rings is 3.